The molecule has 272 valence electrons. The Morgan fingerprint density at radius 2 is 0.828 bits per heavy atom. The lowest BCUT2D eigenvalue weighted by Crippen LogP contribution is -1.98. The van der Waals surface area contributed by atoms with Crippen molar-refractivity contribution in [3.8, 4) is 78.4 Å². The van der Waals surface area contributed by atoms with Gasteiger partial charge in [0.25, 0.3) is 0 Å². The molecule has 0 unspecified atom stereocenters. The third-order valence-corrected chi connectivity index (χ3v) is 10.9. The van der Waals surface area contributed by atoms with E-state index in [1.165, 1.54) is 0 Å². The van der Waals surface area contributed by atoms with Gasteiger partial charge in [-0.15, -0.1) is 0 Å². The van der Waals surface area contributed by atoms with Crippen molar-refractivity contribution in [2.75, 3.05) is 0 Å². The molecule has 0 aliphatic carbocycles. The highest BCUT2D eigenvalue weighted by Gasteiger charge is 2.21. The first-order valence-corrected chi connectivity index (χ1v) is 19.4. The average Bonchev–Trinajstić information content (AvgIpc) is 3.85. The first-order valence-electron chi connectivity index (χ1n) is 19.4. The zero-order valence-corrected chi connectivity index (χ0v) is 31.3. The van der Waals surface area contributed by atoms with Crippen LogP contribution in [0.25, 0.3) is 106 Å². The summed E-state index contributed by atoms with van der Waals surface area (Å²) in [5.74, 6) is 1.23. The smallest absolute Gasteiger partial charge is 0.307 e. The lowest BCUT2D eigenvalue weighted by molar-refractivity contribution is 0.643. The summed E-state index contributed by atoms with van der Waals surface area (Å²) in [5.41, 5.74) is 17.2. The Bertz CT molecular complexity index is 3130. The highest BCUT2D eigenvalue weighted by Crippen LogP contribution is 2.44. The van der Waals surface area contributed by atoms with Crippen LogP contribution in [0, 0.1) is 0 Å². The van der Waals surface area contributed by atoms with Gasteiger partial charge in [0.15, 0.2) is 11.4 Å². The Morgan fingerprint density at radius 1 is 0.345 bits per heavy atom. The summed E-state index contributed by atoms with van der Waals surface area (Å²) in [6, 6.07) is 71.8. The standard InChI is InChI=1S/C53H34N4O/c1-6-16-35(17-7-1)40-27-29-50-49(32-40)57-48-33-41(26-28-45(48)56-53(57)58-50)51-43(36-18-8-2-9-19-36)30-42(31-44(51)37-20-10-3-11-21-37)52-54-46(38-22-12-4-13-23-38)34-47(55-52)39-24-14-5-15-25-39/h1-34H. The third-order valence-electron chi connectivity index (χ3n) is 10.9. The average molecular weight is 743 g/mol. The summed E-state index contributed by atoms with van der Waals surface area (Å²) in [6.45, 7) is 0. The normalized spacial score (nSPS) is 11.4. The quantitative estimate of drug-likeness (QED) is 0.163. The van der Waals surface area contributed by atoms with Gasteiger partial charge in [-0.2, -0.15) is 4.98 Å². The molecular formula is C53H34N4O. The van der Waals surface area contributed by atoms with Crippen molar-refractivity contribution in [2.45, 2.75) is 0 Å². The highest BCUT2D eigenvalue weighted by molar-refractivity contribution is 6.00. The van der Waals surface area contributed by atoms with Gasteiger partial charge in [0.05, 0.1) is 27.9 Å². The van der Waals surface area contributed by atoms with Crippen LogP contribution in [0.3, 0.4) is 0 Å². The molecule has 3 heterocycles. The molecule has 0 fully saturated rings. The van der Waals surface area contributed by atoms with Gasteiger partial charge in [0.1, 0.15) is 0 Å². The van der Waals surface area contributed by atoms with Crippen molar-refractivity contribution in [1.29, 1.82) is 0 Å². The number of rotatable bonds is 7. The molecule has 11 rings (SSSR count). The second kappa shape index (κ2) is 14.0. The van der Waals surface area contributed by atoms with Gasteiger partial charge in [0.2, 0.25) is 0 Å². The van der Waals surface area contributed by atoms with Crippen LogP contribution in [0.15, 0.2) is 211 Å². The van der Waals surface area contributed by atoms with E-state index in [-0.39, 0.29) is 0 Å². The second-order valence-electron chi connectivity index (χ2n) is 14.5. The number of benzene rings is 8. The van der Waals surface area contributed by atoms with E-state index in [1.54, 1.807) is 0 Å². The van der Waals surface area contributed by atoms with Gasteiger partial charge in [-0.3, -0.25) is 4.40 Å². The van der Waals surface area contributed by atoms with E-state index in [4.69, 9.17) is 19.4 Å². The van der Waals surface area contributed by atoms with Crippen LogP contribution in [0.2, 0.25) is 0 Å². The van der Waals surface area contributed by atoms with Gasteiger partial charge in [-0.25, -0.2) is 9.97 Å². The Morgan fingerprint density at radius 3 is 1.38 bits per heavy atom. The number of aromatic nitrogens is 4. The van der Waals surface area contributed by atoms with Crippen LogP contribution in [-0.4, -0.2) is 19.4 Å². The van der Waals surface area contributed by atoms with Crippen LogP contribution in [-0.2, 0) is 0 Å². The molecule has 5 heteroatoms. The number of fused-ring (bicyclic) bond motifs is 5. The van der Waals surface area contributed by atoms with E-state index in [1.807, 2.05) is 24.3 Å². The summed E-state index contributed by atoms with van der Waals surface area (Å²) in [4.78, 5) is 15.5. The lowest BCUT2D eigenvalue weighted by atomic mass is 9.85. The van der Waals surface area contributed by atoms with Crippen molar-refractivity contribution < 1.29 is 4.42 Å². The van der Waals surface area contributed by atoms with E-state index in [2.05, 4.69) is 186 Å². The maximum atomic E-state index is 6.35. The molecular weight excluding hydrogens is 709 g/mol. The van der Waals surface area contributed by atoms with Crippen LogP contribution in [0.1, 0.15) is 0 Å². The van der Waals surface area contributed by atoms with Gasteiger partial charge < -0.3 is 4.42 Å². The van der Waals surface area contributed by atoms with E-state index in [0.29, 0.717) is 11.7 Å². The molecule has 0 N–H and O–H groups in total. The molecule has 0 radical (unpaired) electrons. The van der Waals surface area contributed by atoms with Crippen molar-refractivity contribution in [3.63, 3.8) is 0 Å². The molecule has 5 nitrogen and oxygen atoms in total. The first-order chi connectivity index (χ1) is 28.7. The molecule has 0 saturated carbocycles. The SMILES string of the molecule is c1ccc(-c2ccc3oc4nc5ccc(-c6c(-c7ccccc7)cc(-c7nc(-c8ccccc8)cc(-c8ccccc8)n7)cc6-c6ccccc6)cc5n4c3c2)cc1. The van der Waals surface area contributed by atoms with Crippen LogP contribution in [0.5, 0.6) is 0 Å². The minimum absolute atomic E-state index is 0.568. The zero-order valence-electron chi connectivity index (χ0n) is 31.3. The maximum Gasteiger partial charge on any atom is 0.307 e. The molecule has 0 bridgehead atoms. The van der Waals surface area contributed by atoms with E-state index in [9.17, 15) is 0 Å². The first kappa shape index (κ1) is 33.4. The molecule has 0 aliphatic heterocycles. The second-order valence-corrected chi connectivity index (χ2v) is 14.5. The van der Waals surface area contributed by atoms with Crippen molar-refractivity contribution in [1.82, 2.24) is 19.4 Å². The Kier molecular flexibility index (Phi) is 8.07. The Labute approximate surface area is 335 Å². The predicted octanol–water partition coefficient (Wildman–Crippen LogP) is 13.7. The summed E-state index contributed by atoms with van der Waals surface area (Å²) in [7, 11) is 0. The van der Waals surface area contributed by atoms with Gasteiger partial charge in [0, 0.05) is 16.7 Å². The third kappa shape index (κ3) is 5.94. The maximum absolute atomic E-state index is 6.35. The zero-order chi connectivity index (χ0) is 38.4. The molecule has 8 aromatic carbocycles. The molecule has 11 aromatic rings. The molecule has 0 spiro atoms. The summed E-state index contributed by atoms with van der Waals surface area (Å²) in [5, 5.41) is 0. The summed E-state index contributed by atoms with van der Waals surface area (Å²) < 4.78 is 8.49. The van der Waals surface area contributed by atoms with E-state index in [0.717, 1.165) is 94.7 Å². The largest absolute Gasteiger partial charge is 0.423 e. The Balaban J connectivity index is 1.17. The molecule has 58 heavy (non-hydrogen) atoms. The van der Waals surface area contributed by atoms with Crippen molar-refractivity contribution in [2.24, 2.45) is 0 Å². The van der Waals surface area contributed by atoms with Gasteiger partial charge >= 0.3 is 5.84 Å². The van der Waals surface area contributed by atoms with Gasteiger partial charge in [-0.05, 0) is 87.0 Å². The minimum atomic E-state index is 0.568. The molecule has 0 saturated heterocycles. The van der Waals surface area contributed by atoms with Crippen LogP contribution in [0.4, 0.5) is 0 Å². The Hall–Kier alpha value is -7.89. The number of imidazole rings is 1. The fraction of sp³-hybridized carbons (Fsp3) is 0. The lowest BCUT2D eigenvalue weighted by Gasteiger charge is -2.19. The molecule has 3 aromatic heterocycles. The topological polar surface area (TPSA) is 56.2 Å². The number of hydrogen-bond acceptors (Lipinski definition) is 4. The number of nitrogens with zero attached hydrogens (tertiary/aromatic N) is 4. The van der Waals surface area contributed by atoms with Crippen molar-refractivity contribution in [3.05, 3.63) is 206 Å². The number of oxazole rings is 1. The fourth-order valence-electron chi connectivity index (χ4n) is 8.06. The van der Waals surface area contributed by atoms with Crippen molar-refractivity contribution >= 4 is 28.0 Å². The van der Waals surface area contributed by atoms with Gasteiger partial charge in [-0.1, -0.05) is 164 Å². The predicted molar refractivity (Wildman–Crippen MR) is 236 cm³/mol. The monoisotopic (exact) mass is 742 g/mol. The molecule has 0 atom stereocenters. The van der Waals surface area contributed by atoms with E-state index < -0.39 is 0 Å². The minimum Gasteiger partial charge on any atom is -0.423 e. The fourth-order valence-corrected chi connectivity index (χ4v) is 8.06. The van der Waals surface area contributed by atoms with Crippen LogP contribution < -0.4 is 0 Å². The van der Waals surface area contributed by atoms with E-state index >= 15 is 0 Å². The highest BCUT2D eigenvalue weighted by atomic mass is 16.4. The summed E-state index contributed by atoms with van der Waals surface area (Å²) in [6.07, 6.45) is 0. The molecule has 0 amide bonds. The number of hydrogen-bond donors (Lipinski definition) is 0. The van der Waals surface area contributed by atoms with Crippen LogP contribution >= 0.6 is 0 Å². The molecule has 0 aliphatic rings. The summed E-state index contributed by atoms with van der Waals surface area (Å²) >= 11 is 0.